The van der Waals surface area contributed by atoms with Crippen molar-refractivity contribution in [3.05, 3.63) is 71.0 Å². The fourth-order valence-corrected chi connectivity index (χ4v) is 3.43. The Morgan fingerprint density at radius 1 is 1.14 bits per heavy atom. The molecule has 0 saturated carbocycles. The van der Waals surface area contributed by atoms with Crippen LogP contribution in [0.1, 0.15) is 22.7 Å². The van der Waals surface area contributed by atoms with Gasteiger partial charge in [-0.15, -0.1) is 24.0 Å². The van der Waals surface area contributed by atoms with Crippen LogP contribution in [0.4, 0.5) is 4.39 Å². The fraction of sp³-hybridized carbons (Fsp3) is 0.409. The average molecular weight is 512 g/mol. The fourth-order valence-electron chi connectivity index (χ4n) is 3.43. The number of aryl methyl sites for hydroxylation is 1. The molecule has 7 heteroatoms. The number of aliphatic imine (C=N–C) groups is 1. The van der Waals surface area contributed by atoms with Gasteiger partial charge in [0.25, 0.3) is 0 Å². The van der Waals surface area contributed by atoms with Crippen LogP contribution in [0.25, 0.3) is 0 Å². The molecule has 0 aliphatic carbocycles. The van der Waals surface area contributed by atoms with Gasteiger partial charge >= 0.3 is 0 Å². The molecule has 1 fully saturated rings. The van der Waals surface area contributed by atoms with E-state index in [1.807, 2.05) is 0 Å². The topological polar surface area (TPSA) is 48.9 Å². The van der Waals surface area contributed by atoms with Crippen molar-refractivity contribution in [1.82, 2.24) is 15.5 Å². The molecule has 2 aromatic carbocycles. The van der Waals surface area contributed by atoms with Crippen LogP contribution < -0.4 is 10.6 Å². The molecule has 1 unspecified atom stereocenters. The van der Waals surface area contributed by atoms with E-state index in [9.17, 15) is 4.39 Å². The Labute approximate surface area is 189 Å². The maximum Gasteiger partial charge on any atom is 0.191 e. The van der Waals surface area contributed by atoms with Crippen molar-refractivity contribution in [3.63, 3.8) is 0 Å². The lowest BCUT2D eigenvalue weighted by Crippen LogP contribution is -2.46. The summed E-state index contributed by atoms with van der Waals surface area (Å²) in [7, 11) is 1.76. The number of benzene rings is 2. The average Bonchev–Trinajstić information content (AvgIpc) is 2.72. The SMILES string of the molecule is CN=C(NCc1ccc(F)cc1)NCC(c1cccc(C)c1)N1CCOCC1.I. The monoisotopic (exact) mass is 512 g/mol. The summed E-state index contributed by atoms with van der Waals surface area (Å²) < 4.78 is 18.6. The molecule has 2 N–H and O–H groups in total. The summed E-state index contributed by atoms with van der Waals surface area (Å²) in [4.78, 5) is 6.78. The summed E-state index contributed by atoms with van der Waals surface area (Å²) in [5.74, 6) is 0.507. The maximum atomic E-state index is 13.1. The summed E-state index contributed by atoms with van der Waals surface area (Å²) >= 11 is 0. The van der Waals surface area contributed by atoms with Crippen LogP contribution in [0.2, 0.25) is 0 Å². The molecule has 0 spiro atoms. The molecule has 29 heavy (non-hydrogen) atoms. The first-order valence-corrected chi connectivity index (χ1v) is 9.73. The van der Waals surface area contributed by atoms with E-state index >= 15 is 0 Å². The Morgan fingerprint density at radius 3 is 2.52 bits per heavy atom. The second kappa shape index (κ2) is 12.1. The lowest BCUT2D eigenvalue weighted by atomic mass is 10.0. The minimum absolute atomic E-state index is 0. The number of halogens is 2. The molecule has 0 bridgehead atoms. The molecule has 5 nitrogen and oxygen atoms in total. The molecule has 0 amide bonds. The van der Waals surface area contributed by atoms with Crippen LogP contribution in [0.5, 0.6) is 0 Å². The second-order valence-corrected chi connectivity index (χ2v) is 7.01. The number of morpholine rings is 1. The number of ether oxygens (including phenoxy) is 1. The van der Waals surface area contributed by atoms with E-state index < -0.39 is 0 Å². The first kappa shape index (κ1) is 23.6. The third-order valence-corrected chi connectivity index (χ3v) is 4.97. The number of nitrogens with one attached hydrogen (secondary N) is 2. The van der Waals surface area contributed by atoms with Gasteiger partial charge in [0, 0.05) is 33.2 Å². The Balaban J connectivity index is 0.00000300. The molecule has 3 rings (SSSR count). The van der Waals surface area contributed by atoms with Crippen molar-refractivity contribution < 1.29 is 9.13 Å². The van der Waals surface area contributed by atoms with Gasteiger partial charge in [0.2, 0.25) is 0 Å². The number of hydrogen-bond acceptors (Lipinski definition) is 3. The molecule has 1 aliphatic rings. The number of rotatable bonds is 6. The molecule has 158 valence electrons. The van der Waals surface area contributed by atoms with Crippen LogP contribution in [0, 0.1) is 12.7 Å². The maximum absolute atomic E-state index is 13.1. The molecule has 1 heterocycles. The van der Waals surface area contributed by atoms with Crippen LogP contribution in [-0.2, 0) is 11.3 Å². The van der Waals surface area contributed by atoms with Crippen molar-refractivity contribution in [2.45, 2.75) is 19.5 Å². The summed E-state index contributed by atoms with van der Waals surface area (Å²) in [5, 5.41) is 6.75. The highest BCUT2D eigenvalue weighted by Gasteiger charge is 2.23. The van der Waals surface area contributed by atoms with Gasteiger partial charge in [0.05, 0.1) is 19.3 Å². The molecule has 1 aliphatic heterocycles. The van der Waals surface area contributed by atoms with Gasteiger partial charge in [0.1, 0.15) is 5.82 Å². The van der Waals surface area contributed by atoms with Gasteiger partial charge in [-0.3, -0.25) is 9.89 Å². The van der Waals surface area contributed by atoms with E-state index in [4.69, 9.17) is 4.74 Å². The summed E-state index contributed by atoms with van der Waals surface area (Å²) in [6, 6.07) is 15.4. The largest absolute Gasteiger partial charge is 0.379 e. The summed E-state index contributed by atoms with van der Waals surface area (Å²) in [5.41, 5.74) is 3.56. The second-order valence-electron chi connectivity index (χ2n) is 7.01. The summed E-state index contributed by atoms with van der Waals surface area (Å²) in [6.45, 7) is 6.82. The minimum atomic E-state index is -0.224. The third kappa shape index (κ3) is 7.24. The zero-order valence-corrected chi connectivity index (χ0v) is 19.4. The number of guanidine groups is 1. The van der Waals surface area contributed by atoms with E-state index in [1.165, 1.54) is 23.3 Å². The van der Waals surface area contributed by atoms with Crippen molar-refractivity contribution in [2.75, 3.05) is 39.9 Å². The van der Waals surface area contributed by atoms with E-state index in [0.29, 0.717) is 6.54 Å². The normalized spacial score (nSPS) is 16.0. The van der Waals surface area contributed by atoms with Gasteiger partial charge in [-0.05, 0) is 30.2 Å². The highest BCUT2D eigenvalue weighted by Crippen LogP contribution is 2.22. The molecule has 1 saturated heterocycles. The number of hydrogen-bond donors (Lipinski definition) is 2. The number of nitrogens with zero attached hydrogens (tertiary/aromatic N) is 2. The van der Waals surface area contributed by atoms with Crippen LogP contribution in [0.15, 0.2) is 53.5 Å². The smallest absolute Gasteiger partial charge is 0.191 e. The molecular formula is C22H30FIN4O. The lowest BCUT2D eigenvalue weighted by Gasteiger charge is -2.35. The van der Waals surface area contributed by atoms with E-state index in [1.54, 1.807) is 19.2 Å². The van der Waals surface area contributed by atoms with Crippen molar-refractivity contribution in [3.8, 4) is 0 Å². The zero-order chi connectivity index (χ0) is 19.8. The van der Waals surface area contributed by atoms with E-state index in [0.717, 1.165) is 44.4 Å². The van der Waals surface area contributed by atoms with E-state index in [2.05, 4.69) is 51.7 Å². The first-order chi connectivity index (χ1) is 13.7. The standard InChI is InChI=1S/C22H29FN4O.HI/c1-17-4-3-5-19(14-17)21(27-10-12-28-13-11-27)16-26-22(24-2)25-15-18-6-8-20(23)9-7-18;/h3-9,14,21H,10-13,15-16H2,1-2H3,(H2,24,25,26);1H. The highest BCUT2D eigenvalue weighted by atomic mass is 127. The predicted molar refractivity (Wildman–Crippen MR) is 126 cm³/mol. The quantitative estimate of drug-likeness (QED) is 0.354. The van der Waals surface area contributed by atoms with Crippen molar-refractivity contribution in [2.24, 2.45) is 4.99 Å². The van der Waals surface area contributed by atoms with Crippen LogP contribution in [-0.4, -0.2) is 50.8 Å². The van der Waals surface area contributed by atoms with Crippen molar-refractivity contribution >= 4 is 29.9 Å². The molecule has 2 aromatic rings. The summed E-state index contributed by atoms with van der Waals surface area (Å²) in [6.07, 6.45) is 0. The Bertz CT molecular complexity index is 779. The third-order valence-electron chi connectivity index (χ3n) is 4.97. The Morgan fingerprint density at radius 2 is 1.86 bits per heavy atom. The van der Waals surface area contributed by atoms with Gasteiger partial charge in [-0.25, -0.2) is 4.39 Å². The highest BCUT2D eigenvalue weighted by molar-refractivity contribution is 14.0. The molecule has 0 aromatic heterocycles. The van der Waals surface area contributed by atoms with Gasteiger partial charge in [0.15, 0.2) is 5.96 Å². The van der Waals surface area contributed by atoms with Crippen LogP contribution in [0.3, 0.4) is 0 Å². The van der Waals surface area contributed by atoms with Crippen LogP contribution >= 0.6 is 24.0 Å². The molecule has 0 radical (unpaired) electrons. The predicted octanol–water partition coefficient (Wildman–Crippen LogP) is 3.49. The lowest BCUT2D eigenvalue weighted by molar-refractivity contribution is 0.0170. The minimum Gasteiger partial charge on any atom is -0.379 e. The van der Waals surface area contributed by atoms with E-state index in [-0.39, 0.29) is 35.8 Å². The van der Waals surface area contributed by atoms with Gasteiger partial charge in [-0.2, -0.15) is 0 Å². The van der Waals surface area contributed by atoms with Gasteiger partial charge < -0.3 is 15.4 Å². The molecule has 1 atom stereocenters. The molecular weight excluding hydrogens is 482 g/mol. The Hall–Kier alpha value is -1.71. The first-order valence-electron chi connectivity index (χ1n) is 9.73. The Kier molecular flexibility index (Phi) is 9.83. The van der Waals surface area contributed by atoms with Gasteiger partial charge in [-0.1, -0.05) is 42.0 Å². The zero-order valence-electron chi connectivity index (χ0n) is 17.0. The van der Waals surface area contributed by atoms with Crippen molar-refractivity contribution in [1.29, 1.82) is 0 Å².